The number of amidine groups is 1. The van der Waals surface area contributed by atoms with Crippen molar-refractivity contribution in [3.05, 3.63) is 98.6 Å². The van der Waals surface area contributed by atoms with Gasteiger partial charge in [-0.25, -0.2) is 4.99 Å². The smallest absolute Gasteiger partial charge is 0.282 e. The summed E-state index contributed by atoms with van der Waals surface area (Å²) < 4.78 is 7.39. The SMILES string of the molecule is CCOc1ccc(N2C(=O)/C(=C\c3ccc(Br)cc3)N=C2c2ccccc2Br)cc1. The predicted octanol–water partition coefficient (Wildman–Crippen LogP) is 6.44. The maximum Gasteiger partial charge on any atom is 0.282 e. The van der Waals surface area contributed by atoms with Gasteiger partial charge in [-0.1, -0.05) is 62.2 Å². The summed E-state index contributed by atoms with van der Waals surface area (Å²) >= 11 is 7.03. The Morgan fingerprint density at radius 1 is 0.967 bits per heavy atom. The Labute approximate surface area is 192 Å². The molecule has 1 heterocycles. The van der Waals surface area contributed by atoms with Crippen LogP contribution >= 0.6 is 31.9 Å². The topological polar surface area (TPSA) is 41.9 Å². The van der Waals surface area contributed by atoms with Gasteiger partial charge in [-0.2, -0.15) is 0 Å². The lowest BCUT2D eigenvalue weighted by molar-refractivity contribution is -0.113. The summed E-state index contributed by atoms with van der Waals surface area (Å²) in [6.45, 7) is 2.53. The highest BCUT2D eigenvalue weighted by Gasteiger charge is 2.33. The number of benzene rings is 3. The van der Waals surface area contributed by atoms with Crippen molar-refractivity contribution >= 4 is 55.4 Å². The van der Waals surface area contributed by atoms with E-state index in [1.54, 1.807) is 11.0 Å². The summed E-state index contributed by atoms with van der Waals surface area (Å²) in [5.41, 5.74) is 2.87. The number of halogens is 2. The van der Waals surface area contributed by atoms with Crippen LogP contribution in [-0.2, 0) is 4.79 Å². The molecule has 0 aromatic heterocycles. The standard InChI is InChI=1S/C24H18Br2N2O2/c1-2-30-19-13-11-18(12-14-19)28-23(20-5-3-4-6-21(20)26)27-22(24(28)29)15-16-7-9-17(25)10-8-16/h3-15H,2H2,1H3/b22-15+. The van der Waals surface area contributed by atoms with E-state index in [1.807, 2.05) is 79.7 Å². The zero-order valence-corrected chi connectivity index (χ0v) is 19.4. The van der Waals surface area contributed by atoms with Gasteiger partial charge in [0.2, 0.25) is 0 Å². The molecule has 0 saturated heterocycles. The molecule has 0 bridgehead atoms. The highest BCUT2D eigenvalue weighted by molar-refractivity contribution is 9.10. The molecule has 150 valence electrons. The van der Waals surface area contributed by atoms with Gasteiger partial charge in [0, 0.05) is 14.5 Å². The lowest BCUT2D eigenvalue weighted by atomic mass is 10.1. The number of hydrogen-bond donors (Lipinski definition) is 0. The molecule has 0 aliphatic carbocycles. The largest absolute Gasteiger partial charge is 0.494 e. The van der Waals surface area contributed by atoms with E-state index in [4.69, 9.17) is 9.73 Å². The van der Waals surface area contributed by atoms with Crippen molar-refractivity contribution in [1.82, 2.24) is 0 Å². The summed E-state index contributed by atoms with van der Waals surface area (Å²) in [5, 5.41) is 0. The second-order valence-corrected chi connectivity index (χ2v) is 8.33. The first kappa shape index (κ1) is 20.6. The molecule has 1 aliphatic rings. The van der Waals surface area contributed by atoms with E-state index in [0.29, 0.717) is 18.1 Å². The Morgan fingerprint density at radius 2 is 1.67 bits per heavy atom. The van der Waals surface area contributed by atoms with Crippen LogP contribution in [0.4, 0.5) is 5.69 Å². The van der Waals surface area contributed by atoms with Gasteiger partial charge in [-0.05, 0) is 61.0 Å². The Kier molecular flexibility index (Phi) is 6.16. The number of nitrogens with zero attached hydrogens (tertiary/aromatic N) is 2. The van der Waals surface area contributed by atoms with E-state index in [-0.39, 0.29) is 5.91 Å². The van der Waals surface area contributed by atoms with Crippen molar-refractivity contribution < 1.29 is 9.53 Å². The van der Waals surface area contributed by atoms with E-state index in [2.05, 4.69) is 31.9 Å². The molecular formula is C24H18Br2N2O2. The summed E-state index contributed by atoms with van der Waals surface area (Å²) in [7, 11) is 0. The Hall–Kier alpha value is -2.70. The molecule has 1 aliphatic heterocycles. The van der Waals surface area contributed by atoms with Crippen molar-refractivity contribution in [2.24, 2.45) is 4.99 Å². The average molecular weight is 526 g/mol. The number of carbonyl (C=O) groups excluding carboxylic acids is 1. The molecular weight excluding hydrogens is 508 g/mol. The number of hydrogen-bond acceptors (Lipinski definition) is 3. The second kappa shape index (κ2) is 8.98. The molecule has 0 atom stereocenters. The maximum absolute atomic E-state index is 13.4. The van der Waals surface area contributed by atoms with Crippen molar-refractivity contribution in [2.45, 2.75) is 6.92 Å². The lowest BCUT2D eigenvalue weighted by Crippen LogP contribution is -2.32. The van der Waals surface area contributed by atoms with Gasteiger partial charge in [0.15, 0.2) is 0 Å². The van der Waals surface area contributed by atoms with Gasteiger partial charge in [0.1, 0.15) is 17.3 Å². The highest BCUT2D eigenvalue weighted by Crippen LogP contribution is 2.31. The third-order valence-electron chi connectivity index (χ3n) is 4.55. The fraction of sp³-hybridized carbons (Fsp3) is 0.0833. The molecule has 3 aromatic carbocycles. The molecule has 4 rings (SSSR count). The fourth-order valence-corrected chi connectivity index (χ4v) is 3.88. The average Bonchev–Trinajstić information content (AvgIpc) is 3.07. The van der Waals surface area contributed by atoms with Crippen LogP contribution in [0, 0.1) is 0 Å². The van der Waals surface area contributed by atoms with Gasteiger partial charge in [-0.15, -0.1) is 0 Å². The molecule has 0 N–H and O–H groups in total. The second-order valence-electron chi connectivity index (χ2n) is 6.56. The van der Waals surface area contributed by atoms with Crippen molar-refractivity contribution in [1.29, 1.82) is 0 Å². The van der Waals surface area contributed by atoms with Crippen LogP contribution in [0.25, 0.3) is 6.08 Å². The first-order chi connectivity index (χ1) is 14.6. The molecule has 0 spiro atoms. The molecule has 0 unspecified atom stereocenters. The number of carbonyl (C=O) groups is 1. The van der Waals surface area contributed by atoms with Gasteiger partial charge in [0.05, 0.1) is 12.3 Å². The Balaban J connectivity index is 1.79. The lowest BCUT2D eigenvalue weighted by Gasteiger charge is -2.19. The van der Waals surface area contributed by atoms with Crippen molar-refractivity contribution in [2.75, 3.05) is 11.5 Å². The zero-order valence-electron chi connectivity index (χ0n) is 16.2. The highest BCUT2D eigenvalue weighted by atomic mass is 79.9. The summed E-state index contributed by atoms with van der Waals surface area (Å²) in [5.74, 6) is 1.17. The van der Waals surface area contributed by atoms with Crippen molar-refractivity contribution in [3.63, 3.8) is 0 Å². The van der Waals surface area contributed by atoms with E-state index in [1.165, 1.54) is 0 Å². The van der Waals surface area contributed by atoms with Crippen LogP contribution in [0.3, 0.4) is 0 Å². The van der Waals surface area contributed by atoms with Gasteiger partial charge in [0.25, 0.3) is 5.91 Å². The molecule has 0 saturated carbocycles. The Morgan fingerprint density at radius 3 is 2.33 bits per heavy atom. The first-order valence-electron chi connectivity index (χ1n) is 9.45. The minimum Gasteiger partial charge on any atom is -0.494 e. The number of anilines is 1. The number of rotatable bonds is 5. The quantitative estimate of drug-likeness (QED) is 0.359. The fourth-order valence-electron chi connectivity index (χ4n) is 3.15. The molecule has 1 amide bonds. The van der Waals surface area contributed by atoms with E-state index >= 15 is 0 Å². The van der Waals surface area contributed by atoms with E-state index in [9.17, 15) is 4.79 Å². The van der Waals surface area contributed by atoms with Crippen LogP contribution in [-0.4, -0.2) is 18.3 Å². The first-order valence-corrected chi connectivity index (χ1v) is 11.0. The minimum absolute atomic E-state index is 0.173. The summed E-state index contributed by atoms with van der Waals surface area (Å²) in [4.78, 5) is 19.7. The molecule has 0 radical (unpaired) electrons. The van der Waals surface area contributed by atoms with Crippen LogP contribution in [0.15, 0.2) is 92.4 Å². The van der Waals surface area contributed by atoms with Crippen LogP contribution in [0.2, 0.25) is 0 Å². The molecule has 3 aromatic rings. The van der Waals surface area contributed by atoms with E-state index in [0.717, 1.165) is 31.5 Å². The third-order valence-corrected chi connectivity index (χ3v) is 5.77. The van der Waals surface area contributed by atoms with Crippen molar-refractivity contribution in [3.8, 4) is 5.75 Å². The monoisotopic (exact) mass is 524 g/mol. The molecule has 0 fully saturated rings. The number of amides is 1. The number of aliphatic imine (C=N–C) groups is 1. The number of ether oxygens (including phenoxy) is 1. The molecule has 4 nitrogen and oxygen atoms in total. The predicted molar refractivity (Wildman–Crippen MR) is 128 cm³/mol. The van der Waals surface area contributed by atoms with Gasteiger partial charge in [-0.3, -0.25) is 9.69 Å². The van der Waals surface area contributed by atoms with E-state index < -0.39 is 0 Å². The maximum atomic E-state index is 13.4. The Bertz CT molecular complexity index is 1140. The van der Waals surface area contributed by atoms with Gasteiger partial charge < -0.3 is 4.74 Å². The molecule has 30 heavy (non-hydrogen) atoms. The normalized spacial score (nSPS) is 14.9. The zero-order chi connectivity index (χ0) is 21.1. The summed E-state index contributed by atoms with van der Waals surface area (Å²) in [6.07, 6.45) is 1.81. The third kappa shape index (κ3) is 4.25. The summed E-state index contributed by atoms with van der Waals surface area (Å²) in [6, 6.07) is 23.0. The molecule has 6 heteroatoms. The van der Waals surface area contributed by atoms with Crippen LogP contribution < -0.4 is 9.64 Å². The van der Waals surface area contributed by atoms with Gasteiger partial charge >= 0.3 is 0 Å². The minimum atomic E-state index is -0.173. The van der Waals surface area contributed by atoms with Crippen LogP contribution in [0.1, 0.15) is 18.1 Å². The van der Waals surface area contributed by atoms with Crippen LogP contribution in [0.5, 0.6) is 5.75 Å².